The standard InChI is InChI=1S/C19H19Cl2NO3/c1-9-17(13-7-11(20)3-5-15(13)23)22-18(10(2)19(9)25)14-8-12(21)4-6-16(14)24/h3-10,17-18,22-24H,1-2H3/t9-,10+,17+,18-. The molecule has 0 aliphatic carbocycles. The Balaban J connectivity index is 2.05. The zero-order valence-electron chi connectivity index (χ0n) is 13.8. The van der Waals surface area contributed by atoms with E-state index in [4.69, 9.17) is 23.2 Å². The van der Waals surface area contributed by atoms with Crippen LogP contribution < -0.4 is 5.32 Å². The Labute approximate surface area is 156 Å². The lowest BCUT2D eigenvalue weighted by Gasteiger charge is -2.40. The molecule has 1 saturated heterocycles. The van der Waals surface area contributed by atoms with E-state index in [1.54, 1.807) is 24.3 Å². The highest BCUT2D eigenvalue weighted by Gasteiger charge is 2.41. The summed E-state index contributed by atoms with van der Waals surface area (Å²) in [6, 6.07) is 8.68. The van der Waals surface area contributed by atoms with Crippen molar-refractivity contribution in [3.63, 3.8) is 0 Å². The van der Waals surface area contributed by atoms with Gasteiger partial charge >= 0.3 is 0 Å². The van der Waals surface area contributed by atoms with Crippen LogP contribution in [0.4, 0.5) is 0 Å². The first-order valence-electron chi connectivity index (χ1n) is 8.06. The highest BCUT2D eigenvalue weighted by molar-refractivity contribution is 6.31. The summed E-state index contributed by atoms with van der Waals surface area (Å²) < 4.78 is 0. The first-order valence-corrected chi connectivity index (χ1v) is 8.81. The zero-order chi connectivity index (χ0) is 18.3. The van der Waals surface area contributed by atoms with Gasteiger partial charge in [-0.25, -0.2) is 0 Å². The van der Waals surface area contributed by atoms with E-state index >= 15 is 0 Å². The van der Waals surface area contributed by atoms with Crippen LogP contribution in [0.2, 0.25) is 10.0 Å². The number of ketones is 1. The molecule has 1 heterocycles. The Morgan fingerprint density at radius 1 is 0.840 bits per heavy atom. The number of piperidine rings is 1. The maximum Gasteiger partial charge on any atom is 0.142 e. The smallest absolute Gasteiger partial charge is 0.142 e. The molecule has 0 saturated carbocycles. The molecule has 2 aromatic rings. The van der Waals surface area contributed by atoms with E-state index in [2.05, 4.69) is 5.32 Å². The average Bonchev–Trinajstić information content (AvgIpc) is 2.58. The Morgan fingerprint density at radius 3 is 1.64 bits per heavy atom. The van der Waals surface area contributed by atoms with Crippen LogP contribution in [0.15, 0.2) is 36.4 Å². The zero-order valence-corrected chi connectivity index (χ0v) is 15.3. The van der Waals surface area contributed by atoms with E-state index in [9.17, 15) is 15.0 Å². The lowest BCUT2D eigenvalue weighted by Crippen LogP contribution is -2.46. The molecule has 1 fully saturated rings. The second kappa shape index (κ2) is 6.87. The molecule has 1 aliphatic heterocycles. The molecule has 0 spiro atoms. The van der Waals surface area contributed by atoms with Crippen LogP contribution >= 0.6 is 23.2 Å². The number of benzene rings is 2. The van der Waals surface area contributed by atoms with Crippen molar-refractivity contribution < 1.29 is 15.0 Å². The minimum absolute atomic E-state index is 0.0486. The summed E-state index contributed by atoms with van der Waals surface area (Å²) in [4.78, 5) is 12.8. The SMILES string of the molecule is C[C@@H]1C(=O)[C@H](C)[C@@H](c2cc(Cl)ccc2O)N[C@H]1c1cc(Cl)ccc1O. The molecule has 1 aliphatic rings. The van der Waals surface area contributed by atoms with Crippen LogP contribution in [-0.2, 0) is 4.79 Å². The highest BCUT2D eigenvalue weighted by atomic mass is 35.5. The van der Waals surface area contributed by atoms with Gasteiger partial charge in [0.2, 0.25) is 0 Å². The summed E-state index contributed by atoms with van der Waals surface area (Å²) in [5, 5.41) is 24.8. The predicted molar refractivity (Wildman–Crippen MR) is 98.2 cm³/mol. The number of carbonyl (C=O) groups excluding carboxylic acids is 1. The van der Waals surface area contributed by atoms with E-state index in [-0.39, 0.29) is 29.1 Å². The van der Waals surface area contributed by atoms with Crippen molar-refractivity contribution in [1.82, 2.24) is 5.32 Å². The van der Waals surface area contributed by atoms with Gasteiger partial charge in [-0.05, 0) is 36.4 Å². The number of phenolic OH excluding ortho intramolecular Hbond substituents is 2. The van der Waals surface area contributed by atoms with Crippen molar-refractivity contribution in [2.45, 2.75) is 25.9 Å². The van der Waals surface area contributed by atoms with Gasteiger partial charge in [0.25, 0.3) is 0 Å². The molecule has 4 nitrogen and oxygen atoms in total. The first kappa shape index (κ1) is 18.1. The van der Waals surface area contributed by atoms with Crippen LogP contribution in [0.3, 0.4) is 0 Å². The molecule has 3 N–H and O–H groups in total. The summed E-state index contributed by atoms with van der Waals surface area (Å²) >= 11 is 12.1. The molecule has 0 radical (unpaired) electrons. The summed E-state index contributed by atoms with van der Waals surface area (Å²) in [5.41, 5.74) is 1.12. The predicted octanol–water partition coefficient (Wildman–Crippen LogP) is 4.63. The summed E-state index contributed by atoms with van der Waals surface area (Å²) in [7, 11) is 0. The fourth-order valence-corrected chi connectivity index (χ4v) is 3.85. The third-order valence-electron chi connectivity index (χ3n) is 4.91. The monoisotopic (exact) mass is 379 g/mol. The van der Waals surface area contributed by atoms with E-state index in [0.29, 0.717) is 21.2 Å². The Hall–Kier alpha value is -1.75. The van der Waals surface area contributed by atoms with Gasteiger partial charge in [-0.1, -0.05) is 37.0 Å². The molecule has 0 bridgehead atoms. The summed E-state index contributed by atoms with van der Waals surface area (Å²) in [5.74, 6) is -0.503. The average molecular weight is 380 g/mol. The highest BCUT2D eigenvalue weighted by Crippen LogP contribution is 2.43. The fourth-order valence-electron chi connectivity index (χ4n) is 3.49. The third-order valence-corrected chi connectivity index (χ3v) is 5.38. The molecule has 132 valence electrons. The molecule has 3 rings (SSSR count). The molecule has 6 heteroatoms. The second-order valence-electron chi connectivity index (χ2n) is 6.51. The number of halogens is 2. The van der Waals surface area contributed by atoms with Gasteiger partial charge in [0.1, 0.15) is 17.3 Å². The van der Waals surface area contributed by atoms with Crippen LogP contribution in [-0.4, -0.2) is 16.0 Å². The van der Waals surface area contributed by atoms with Crippen LogP contribution in [0.1, 0.15) is 37.1 Å². The fraction of sp³-hybridized carbons (Fsp3) is 0.316. The lowest BCUT2D eigenvalue weighted by atomic mass is 9.76. The molecule has 25 heavy (non-hydrogen) atoms. The Bertz CT molecular complexity index is 759. The quantitative estimate of drug-likeness (QED) is 0.711. The molecule has 0 amide bonds. The number of hydrogen-bond donors (Lipinski definition) is 3. The second-order valence-corrected chi connectivity index (χ2v) is 7.38. The van der Waals surface area contributed by atoms with Crippen LogP contribution in [0.5, 0.6) is 11.5 Å². The maximum absolute atomic E-state index is 12.8. The van der Waals surface area contributed by atoms with Gasteiger partial charge in [-0.3, -0.25) is 4.79 Å². The van der Waals surface area contributed by atoms with E-state index in [0.717, 1.165) is 0 Å². The van der Waals surface area contributed by atoms with Gasteiger partial charge in [-0.2, -0.15) is 0 Å². The maximum atomic E-state index is 12.8. The topological polar surface area (TPSA) is 69.6 Å². The van der Waals surface area contributed by atoms with E-state index < -0.39 is 12.1 Å². The van der Waals surface area contributed by atoms with Crippen LogP contribution in [0, 0.1) is 11.8 Å². The van der Waals surface area contributed by atoms with Crippen molar-refractivity contribution in [2.75, 3.05) is 0 Å². The van der Waals surface area contributed by atoms with Gasteiger partial charge in [0.15, 0.2) is 0 Å². The largest absolute Gasteiger partial charge is 0.508 e. The molecule has 0 unspecified atom stereocenters. The lowest BCUT2D eigenvalue weighted by molar-refractivity contribution is -0.130. The molecule has 4 atom stereocenters. The van der Waals surface area contributed by atoms with E-state index in [1.165, 1.54) is 12.1 Å². The van der Waals surface area contributed by atoms with Crippen molar-refractivity contribution in [3.05, 3.63) is 57.6 Å². The number of Topliss-reactive ketones (excluding diaryl/α,β-unsaturated/α-hetero) is 1. The molecule has 2 aromatic carbocycles. The van der Waals surface area contributed by atoms with Crippen molar-refractivity contribution >= 4 is 29.0 Å². The minimum atomic E-state index is -0.425. The number of aromatic hydroxyl groups is 2. The van der Waals surface area contributed by atoms with E-state index in [1.807, 2.05) is 13.8 Å². The first-order chi connectivity index (χ1) is 11.8. The minimum Gasteiger partial charge on any atom is -0.508 e. The van der Waals surface area contributed by atoms with Gasteiger partial charge in [-0.15, -0.1) is 0 Å². The van der Waals surface area contributed by atoms with Gasteiger partial charge in [0, 0.05) is 45.1 Å². The van der Waals surface area contributed by atoms with Crippen LogP contribution in [0.25, 0.3) is 0 Å². The van der Waals surface area contributed by atoms with Crippen molar-refractivity contribution in [1.29, 1.82) is 0 Å². The molecular weight excluding hydrogens is 361 g/mol. The number of nitrogens with one attached hydrogen (secondary N) is 1. The van der Waals surface area contributed by atoms with Gasteiger partial charge in [0.05, 0.1) is 0 Å². The number of carbonyl (C=O) groups is 1. The van der Waals surface area contributed by atoms with Crippen molar-refractivity contribution in [2.24, 2.45) is 11.8 Å². The molecule has 0 aromatic heterocycles. The number of rotatable bonds is 2. The third kappa shape index (κ3) is 3.34. The summed E-state index contributed by atoms with van der Waals surface area (Å²) in [6.45, 7) is 3.65. The Morgan fingerprint density at radius 2 is 1.24 bits per heavy atom. The Kier molecular flexibility index (Phi) is 4.96. The van der Waals surface area contributed by atoms with Crippen molar-refractivity contribution in [3.8, 4) is 11.5 Å². The summed E-state index contributed by atoms with van der Waals surface area (Å²) in [6.07, 6.45) is 0. The van der Waals surface area contributed by atoms with Gasteiger partial charge < -0.3 is 15.5 Å². The number of hydrogen-bond acceptors (Lipinski definition) is 4. The molecular formula is C19H19Cl2NO3. The number of phenols is 2. The normalized spacial score (nSPS) is 26.6.